The highest BCUT2D eigenvalue weighted by atomic mass is 16.3. The molecule has 25 heavy (non-hydrogen) atoms. The van der Waals surface area contributed by atoms with Crippen LogP contribution in [0.1, 0.15) is 36.5 Å². The minimum Gasteiger partial charge on any atom is -0.389 e. The number of hydrogen-bond acceptors (Lipinski definition) is 3. The van der Waals surface area contributed by atoms with Gasteiger partial charge in [-0.05, 0) is 54.5 Å². The minimum atomic E-state index is -0.395. The first kappa shape index (κ1) is 18.9. The van der Waals surface area contributed by atoms with Crippen LogP contribution in [-0.2, 0) is 28.9 Å². The Morgan fingerprint density at radius 1 is 0.840 bits per heavy atom. The Bertz CT molecular complexity index is 690. The molecule has 0 unspecified atom stereocenters. The van der Waals surface area contributed by atoms with Crippen molar-refractivity contribution in [1.29, 1.82) is 0 Å². The van der Waals surface area contributed by atoms with E-state index in [1.54, 1.807) is 0 Å². The van der Waals surface area contributed by atoms with E-state index in [9.17, 15) is 9.59 Å². The number of aliphatic hydroxyl groups excluding tert-OH is 1. The number of anilines is 1. The van der Waals surface area contributed by atoms with Gasteiger partial charge in [0.2, 0.25) is 5.91 Å². The number of rotatable bonds is 9. The van der Waals surface area contributed by atoms with Crippen LogP contribution in [0.4, 0.5) is 5.69 Å². The Hall–Kier alpha value is -2.46. The smallest absolute Gasteiger partial charge is 0.221 e. The van der Waals surface area contributed by atoms with Crippen LogP contribution in [0.2, 0.25) is 0 Å². The van der Waals surface area contributed by atoms with Crippen molar-refractivity contribution in [3.05, 3.63) is 65.2 Å². The van der Waals surface area contributed by atoms with Crippen molar-refractivity contribution >= 4 is 17.4 Å². The molecule has 0 fully saturated rings. The molecule has 0 saturated heterocycles. The Labute approximate surface area is 148 Å². The highest BCUT2D eigenvalue weighted by molar-refractivity contribution is 5.88. The maximum Gasteiger partial charge on any atom is 0.221 e. The number of nitrogens with one attached hydrogen (secondary N) is 1. The lowest BCUT2D eigenvalue weighted by atomic mass is 10.0. The molecule has 0 radical (unpaired) electrons. The van der Waals surface area contributed by atoms with Crippen LogP contribution >= 0.6 is 0 Å². The number of amides is 1. The van der Waals surface area contributed by atoms with Gasteiger partial charge in [-0.15, -0.1) is 0 Å². The molecule has 0 spiro atoms. The summed E-state index contributed by atoms with van der Waals surface area (Å²) in [6, 6.07) is 16.0. The lowest BCUT2D eigenvalue weighted by Crippen LogP contribution is -2.07. The topological polar surface area (TPSA) is 66.4 Å². The van der Waals surface area contributed by atoms with Crippen molar-refractivity contribution in [2.75, 3.05) is 11.9 Å². The minimum absolute atomic E-state index is 0.0560. The van der Waals surface area contributed by atoms with Crippen LogP contribution in [0.5, 0.6) is 0 Å². The predicted molar refractivity (Wildman–Crippen MR) is 99.6 cm³/mol. The lowest BCUT2D eigenvalue weighted by molar-refractivity contribution is -0.121. The average molecular weight is 339 g/mol. The molecule has 2 N–H and O–H groups in total. The summed E-state index contributed by atoms with van der Waals surface area (Å²) in [5.41, 5.74) is 4.31. The first-order valence-electron chi connectivity index (χ1n) is 8.63. The number of unbranched alkanes of at least 4 members (excludes halogenated alkanes) is 1. The number of benzene rings is 2. The molecule has 0 heterocycles. The number of Topliss-reactive ketones (excluding diaryl/α,β-unsaturated/α-hetero) is 1. The highest BCUT2D eigenvalue weighted by Crippen LogP contribution is 2.14. The second-order valence-electron chi connectivity index (χ2n) is 6.28. The Kier molecular flexibility index (Phi) is 7.36. The SMILES string of the molecule is CC(=O)Nc1ccc(CCCCc2ccc(CC(=O)CO)cc2)cc1. The van der Waals surface area contributed by atoms with E-state index >= 15 is 0 Å². The Morgan fingerprint density at radius 2 is 1.32 bits per heavy atom. The van der Waals surface area contributed by atoms with E-state index in [0.717, 1.165) is 36.9 Å². The molecule has 2 aromatic carbocycles. The third-order valence-electron chi connectivity index (χ3n) is 4.06. The summed E-state index contributed by atoms with van der Waals surface area (Å²) in [5.74, 6) is -0.211. The average Bonchev–Trinajstić information content (AvgIpc) is 2.61. The molecular formula is C21H25NO3. The number of ketones is 1. The molecular weight excluding hydrogens is 314 g/mol. The van der Waals surface area contributed by atoms with E-state index in [-0.39, 0.29) is 11.7 Å². The van der Waals surface area contributed by atoms with Crippen LogP contribution in [0.3, 0.4) is 0 Å². The summed E-state index contributed by atoms with van der Waals surface area (Å²) in [6.45, 7) is 1.11. The number of aryl methyl sites for hydroxylation is 2. The van der Waals surface area contributed by atoms with Gasteiger partial charge in [-0.25, -0.2) is 0 Å². The first-order valence-corrected chi connectivity index (χ1v) is 8.63. The van der Waals surface area contributed by atoms with Crippen LogP contribution < -0.4 is 5.32 Å². The summed E-state index contributed by atoms with van der Waals surface area (Å²) in [6.07, 6.45) is 4.53. The maximum atomic E-state index is 11.2. The second-order valence-corrected chi connectivity index (χ2v) is 6.28. The fourth-order valence-corrected chi connectivity index (χ4v) is 2.72. The van der Waals surface area contributed by atoms with Gasteiger partial charge in [0.1, 0.15) is 6.61 Å². The Morgan fingerprint density at radius 3 is 1.80 bits per heavy atom. The van der Waals surface area contributed by atoms with Crippen LogP contribution in [-0.4, -0.2) is 23.4 Å². The van der Waals surface area contributed by atoms with Crippen molar-refractivity contribution < 1.29 is 14.7 Å². The zero-order valence-corrected chi connectivity index (χ0v) is 14.6. The molecule has 0 aliphatic heterocycles. The monoisotopic (exact) mass is 339 g/mol. The standard InChI is InChI=1S/C21H25NO3/c1-16(24)22-20-12-10-18(11-13-20)5-3-2-4-17-6-8-19(9-7-17)14-21(25)15-23/h6-13,23H,2-5,14-15H2,1H3,(H,22,24). The molecule has 1 amide bonds. The van der Waals surface area contributed by atoms with E-state index < -0.39 is 6.61 Å². The summed E-state index contributed by atoms with van der Waals surface area (Å²) >= 11 is 0. The molecule has 0 aromatic heterocycles. The molecule has 132 valence electrons. The summed E-state index contributed by atoms with van der Waals surface area (Å²) in [5, 5.41) is 11.5. The van der Waals surface area contributed by atoms with Gasteiger partial charge in [0.15, 0.2) is 5.78 Å². The predicted octanol–water partition coefficient (Wildman–Crippen LogP) is 3.31. The van der Waals surface area contributed by atoms with Gasteiger partial charge in [-0.1, -0.05) is 36.4 Å². The fraction of sp³-hybridized carbons (Fsp3) is 0.333. The van der Waals surface area contributed by atoms with E-state index in [0.29, 0.717) is 6.42 Å². The third kappa shape index (κ3) is 6.89. The van der Waals surface area contributed by atoms with Crippen LogP contribution in [0, 0.1) is 0 Å². The van der Waals surface area contributed by atoms with E-state index in [2.05, 4.69) is 29.6 Å². The van der Waals surface area contributed by atoms with Gasteiger partial charge in [0.05, 0.1) is 0 Å². The van der Waals surface area contributed by atoms with Gasteiger partial charge in [0.25, 0.3) is 0 Å². The van der Waals surface area contributed by atoms with Crippen LogP contribution in [0.25, 0.3) is 0 Å². The number of hydrogen-bond donors (Lipinski definition) is 2. The van der Waals surface area contributed by atoms with Gasteiger partial charge in [0, 0.05) is 19.0 Å². The van der Waals surface area contributed by atoms with E-state index in [1.807, 2.05) is 24.3 Å². The van der Waals surface area contributed by atoms with Gasteiger partial charge < -0.3 is 10.4 Å². The molecule has 0 saturated carbocycles. The molecule has 0 aliphatic carbocycles. The summed E-state index contributed by atoms with van der Waals surface area (Å²) in [7, 11) is 0. The molecule has 0 atom stereocenters. The van der Waals surface area contributed by atoms with Crippen molar-refractivity contribution in [2.45, 2.75) is 39.0 Å². The molecule has 4 nitrogen and oxygen atoms in total. The van der Waals surface area contributed by atoms with Crippen molar-refractivity contribution in [3.63, 3.8) is 0 Å². The van der Waals surface area contributed by atoms with E-state index in [4.69, 9.17) is 5.11 Å². The quantitative estimate of drug-likeness (QED) is 0.689. The number of carbonyl (C=O) groups is 2. The second kappa shape index (κ2) is 9.74. The fourth-order valence-electron chi connectivity index (χ4n) is 2.72. The molecule has 0 aliphatic rings. The van der Waals surface area contributed by atoms with Gasteiger partial charge in [-0.3, -0.25) is 9.59 Å². The lowest BCUT2D eigenvalue weighted by Gasteiger charge is -2.06. The van der Waals surface area contributed by atoms with E-state index in [1.165, 1.54) is 18.1 Å². The third-order valence-corrected chi connectivity index (χ3v) is 4.06. The molecule has 0 bridgehead atoms. The normalized spacial score (nSPS) is 10.5. The number of aliphatic hydroxyl groups is 1. The highest BCUT2D eigenvalue weighted by Gasteiger charge is 2.02. The zero-order chi connectivity index (χ0) is 18.1. The molecule has 4 heteroatoms. The van der Waals surface area contributed by atoms with Gasteiger partial charge >= 0.3 is 0 Å². The number of carbonyl (C=O) groups excluding carboxylic acids is 2. The summed E-state index contributed by atoms with van der Waals surface area (Å²) < 4.78 is 0. The van der Waals surface area contributed by atoms with Crippen molar-refractivity contribution in [1.82, 2.24) is 0 Å². The molecule has 2 aromatic rings. The molecule has 2 rings (SSSR count). The van der Waals surface area contributed by atoms with Crippen molar-refractivity contribution in [3.8, 4) is 0 Å². The zero-order valence-electron chi connectivity index (χ0n) is 14.6. The summed E-state index contributed by atoms with van der Waals surface area (Å²) in [4.78, 5) is 22.2. The van der Waals surface area contributed by atoms with Gasteiger partial charge in [-0.2, -0.15) is 0 Å². The van der Waals surface area contributed by atoms with Crippen LogP contribution in [0.15, 0.2) is 48.5 Å². The maximum absolute atomic E-state index is 11.2. The Balaban J connectivity index is 1.72. The largest absolute Gasteiger partial charge is 0.389 e. The van der Waals surface area contributed by atoms with Crippen molar-refractivity contribution in [2.24, 2.45) is 0 Å². The first-order chi connectivity index (χ1) is 12.1.